The first-order valence-electron chi connectivity index (χ1n) is 9.28. The fraction of sp³-hybridized carbons (Fsp3) is 0.737. The molecule has 1 aromatic heterocycles. The lowest BCUT2D eigenvalue weighted by molar-refractivity contribution is -0.0295. The number of fused-ring (bicyclic) bond motifs is 2. The average Bonchev–Trinajstić information content (AvgIpc) is 2.80. The highest BCUT2D eigenvalue weighted by atomic mass is 35.5. The van der Waals surface area contributed by atoms with Gasteiger partial charge in [0, 0.05) is 32.9 Å². The third-order valence-electron chi connectivity index (χ3n) is 6.34. The van der Waals surface area contributed by atoms with E-state index in [4.69, 9.17) is 20.8 Å². The fourth-order valence-corrected chi connectivity index (χ4v) is 4.94. The van der Waals surface area contributed by atoms with E-state index in [0.717, 1.165) is 51.4 Å². The van der Waals surface area contributed by atoms with Crippen LogP contribution >= 0.6 is 11.6 Å². The van der Waals surface area contributed by atoms with Gasteiger partial charge in [0.15, 0.2) is 8.32 Å². The lowest BCUT2D eigenvalue weighted by Gasteiger charge is -2.43. The van der Waals surface area contributed by atoms with Crippen LogP contribution in [0.15, 0.2) is 12.1 Å². The number of rotatable bonds is 4. The molecular weight excluding hydrogens is 352 g/mol. The van der Waals surface area contributed by atoms with Gasteiger partial charge in [-0.2, -0.15) is 0 Å². The second-order valence-corrected chi connectivity index (χ2v) is 14.0. The van der Waals surface area contributed by atoms with Gasteiger partial charge in [-0.25, -0.2) is 4.98 Å². The maximum Gasteiger partial charge on any atom is 0.192 e. The standard InChI is InChI=1S/C19H31ClN2O2Si/c1-18(2,3)25(4,5)24-13-10-22-14-16-15(6-7-17(20)21-16)19(22)8-11-23-12-9-19/h6-7H,8-14H2,1-5H3. The summed E-state index contributed by atoms with van der Waals surface area (Å²) in [6, 6.07) is 4.10. The van der Waals surface area contributed by atoms with Gasteiger partial charge in [-0.1, -0.05) is 38.4 Å². The Morgan fingerprint density at radius 2 is 1.96 bits per heavy atom. The zero-order chi connectivity index (χ0) is 18.3. The molecule has 0 aromatic carbocycles. The molecule has 2 aliphatic heterocycles. The van der Waals surface area contributed by atoms with Crippen molar-refractivity contribution >= 4 is 19.9 Å². The zero-order valence-electron chi connectivity index (χ0n) is 16.2. The molecular formula is C19H31ClN2O2Si. The largest absolute Gasteiger partial charge is 0.416 e. The van der Waals surface area contributed by atoms with Crippen molar-refractivity contribution in [1.82, 2.24) is 9.88 Å². The van der Waals surface area contributed by atoms with Crippen LogP contribution in [0.25, 0.3) is 0 Å². The number of ether oxygens (including phenoxy) is 1. The van der Waals surface area contributed by atoms with Crippen LogP contribution in [0.2, 0.25) is 23.3 Å². The summed E-state index contributed by atoms with van der Waals surface area (Å²) >= 11 is 6.14. The Balaban J connectivity index is 1.75. The van der Waals surface area contributed by atoms with E-state index in [1.54, 1.807) is 0 Å². The van der Waals surface area contributed by atoms with E-state index >= 15 is 0 Å². The Hall–Kier alpha value is -0.463. The molecule has 0 atom stereocenters. The topological polar surface area (TPSA) is 34.6 Å². The van der Waals surface area contributed by atoms with E-state index in [-0.39, 0.29) is 10.6 Å². The quantitative estimate of drug-likeness (QED) is 0.564. The zero-order valence-corrected chi connectivity index (χ0v) is 17.9. The van der Waals surface area contributed by atoms with E-state index in [2.05, 4.69) is 49.8 Å². The first-order chi connectivity index (χ1) is 11.7. The van der Waals surface area contributed by atoms with Crippen LogP contribution in [0.5, 0.6) is 0 Å². The molecule has 3 rings (SSSR count). The van der Waals surface area contributed by atoms with Crippen LogP contribution in [0.3, 0.4) is 0 Å². The molecule has 140 valence electrons. The summed E-state index contributed by atoms with van der Waals surface area (Å²) in [6.07, 6.45) is 2.03. The highest BCUT2D eigenvalue weighted by Crippen LogP contribution is 2.45. The van der Waals surface area contributed by atoms with E-state index in [1.807, 2.05) is 6.07 Å². The predicted octanol–water partition coefficient (Wildman–Crippen LogP) is 4.58. The van der Waals surface area contributed by atoms with Crippen molar-refractivity contribution in [3.63, 3.8) is 0 Å². The molecule has 0 amide bonds. The van der Waals surface area contributed by atoms with Crippen LogP contribution in [0, 0.1) is 0 Å². The normalized spacial score (nSPS) is 20.9. The van der Waals surface area contributed by atoms with Crippen LogP contribution in [0.1, 0.15) is 44.9 Å². The Labute approximate surface area is 158 Å². The van der Waals surface area contributed by atoms with Gasteiger partial charge in [-0.15, -0.1) is 0 Å². The Morgan fingerprint density at radius 3 is 2.60 bits per heavy atom. The first kappa shape index (κ1) is 19.3. The van der Waals surface area contributed by atoms with Crippen molar-refractivity contribution in [2.75, 3.05) is 26.4 Å². The van der Waals surface area contributed by atoms with Crippen LogP contribution in [-0.4, -0.2) is 44.6 Å². The predicted molar refractivity (Wildman–Crippen MR) is 105 cm³/mol. The third-order valence-corrected chi connectivity index (χ3v) is 11.1. The summed E-state index contributed by atoms with van der Waals surface area (Å²) in [5.41, 5.74) is 2.51. The average molecular weight is 383 g/mol. The van der Waals surface area contributed by atoms with Gasteiger partial charge < -0.3 is 9.16 Å². The molecule has 0 radical (unpaired) electrons. The molecule has 6 heteroatoms. The number of nitrogens with zero attached hydrogens (tertiary/aromatic N) is 2. The molecule has 0 aliphatic carbocycles. The summed E-state index contributed by atoms with van der Waals surface area (Å²) in [5, 5.41) is 0.826. The molecule has 4 nitrogen and oxygen atoms in total. The van der Waals surface area contributed by atoms with Gasteiger partial charge in [-0.05, 0) is 42.6 Å². The van der Waals surface area contributed by atoms with Gasteiger partial charge in [-0.3, -0.25) is 4.90 Å². The second kappa shape index (κ2) is 6.93. The summed E-state index contributed by atoms with van der Waals surface area (Å²) < 4.78 is 12.1. The summed E-state index contributed by atoms with van der Waals surface area (Å²) in [5.74, 6) is 0. The van der Waals surface area contributed by atoms with Crippen molar-refractivity contribution in [1.29, 1.82) is 0 Å². The second-order valence-electron chi connectivity index (χ2n) is 8.80. The molecule has 1 saturated heterocycles. The van der Waals surface area contributed by atoms with Gasteiger partial charge >= 0.3 is 0 Å². The summed E-state index contributed by atoms with van der Waals surface area (Å²) in [6.45, 7) is 15.7. The molecule has 1 spiro atoms. The van der Waals surface area contributed by atoms with E-state index in [1.165, 1.54) is 5.56 Å². The highest BCUT2D eigenvalue weighted by molar-refractivity contribution is 6.74. The number of aromatic nitrogens is 1. The van der Waals surface area contributed by atoms with Gasteiger partial charge in [0.05, 0.1) is 11.2 Å². The molecule has 2 aliphatic rings. The Bertz CT molecular complexity index is 624. The minimum atomic E-state index is -1.71. The Morgan fingerprint density at radius 1 is 1.28 bits per heavy atom. The molecule has 0 bridgehead atoms. The van der Waals surface area contributed by atoms with E-state index < -0.39 is 8.32 Å². The third kappa shape index (κ3) is 3.67. The van der Waals surface area contributed by atoms with Crippen molar-refractivity contribution in [3.8, 4) is 0 Å². The number of pyridine rings is 1. The van der Waals surface area contributed by atoms with E-state index in [0.29, 0.717) is 5.15 Å². The number of halogens is 1. The summed E-state index contributed by atoms with van der Waals surface area (Å²) in [4.78, 5) is 7.15. The molecule has 0 saturated carbocycles. The fourth-order valence-electron chi connectivity index (χ4n) is 3.74. The van der Waals surface area contributed by atoms with Gasteiger partial charge in [0.25, 0.3) is 0 Å². The molecule has 25 heavy (non-hydrogen) atoms. The van der Waals surface area contributed by atoms with Crippen molar-refractivity contribution in [3.05, 3.63) is 28.5 Å². The highest BCUT2D eigenvalue weighted by Gasteiger charge is 2.47. The lowest BCUT2D eigenvalue weighted by atomic mass is 9.83. The molecule has 3 heterocycles. The molecule has 0 N–H and O–H groups in total. The first-order valence-corrected chi connectivity index (χ1v) is 12.6. The molecule has 0 unspecified atom stereocenters. The van der Waals surface area contributed by atoms with Crippen LogP contribution in [0.4, 0.5) is 0 Å². The smallest absolute Gasteiger partial charge is 0.192 e. The maximum atomic E-state index is 6.43. The minimum Gasteiger partial charge on any atom is -0.416 e. The molecule has 1 aromatic rings. The van der Waals surface area contributed by atoms with Crippen molar-refractivity contribution < 1.29 is 9.16 Å². The maximum absolute atomic E-state index is 6.43. The van der Waals surface area contributed by atoms with Crippen molar-refractivity contribution in [2.45, 2.75) is 63.8 Å². The summed E-state index contributed by atoms with van der Waals surface area (Å²) in [7, 11) is -1.71. The Kier molecular flexibility index (Phi) is 5.35. The van der Waals surface area contributed by atoms with Crippen molar-refractivity contribution in [2.24, 2.45) is 0 Å². The minimum absolute atomic E-state index is 0.0436. The molecule has 1 fully saturated rings. The monoisotopic (exact) mass is 382 g/mol. The van der Waals surface area contributed by atoms with Crippen LogP contribution in [-0.2, 0) is 21.2 Å². The van der Waals surface area contributed by atoms with Gasteiger partial charge in [0.2, 0.25) is 0 Å². The lowest BCUT2D eigenvalue weighted by Crippen LogP contribution is -2.48. The number of hydrogen-bond donors (Lipinski definition) is 0. The van der Waals surface area contributed by atoms with Crippen LogP contribution < -0.4 is 0 Å². The number of hydrogen-bond acceptors (Lipinski definition) is 4. The SMILES string of the molecule is CC(C)(C)[Si](C)(C)OCCN1Cc2nc(Cl)ccc2C12CCOCC2. The van der Waals surface area contributed by atoms with E-state index in [9.17, 15) is 0 Å². The van der Waals surface area contributed by atoms with Gasteiger partial charge in [0.1, 0.15) is 5.15 Å².